The minimum absolute atomic E-state index is 0.570. The fourth-order valence-corrected chi connectivity index (χ4v) is 1.71. The number of rotatable bonds is 4. The van der Waals surface area contributed by atoms with Gasteiger partial charge in [0.05, 0.1) is 24.7 Å². The highest BCUT2D eigenvalue weighted by molar-refractivity contribution is 6.31. The molecule has 2 N–H and O–H groups in total. The van der Waals surface area contributed by atoms with Gasteiger partial charge in [0.1, 0.15) is 5.75 Å². The zero-order valence-electron chi connectivity index (χ0n) is 9.03. The maximum Gasteiger partial charge on any atom is 0.211 e. The van der Waals surface area contributed by atoms with Gasteiger partial charge in [0, 0.05) is 10.6 Å². The number of H-pyrrole nitrogens is 1. The second-order valence-electron chi connectivity index (χ2n) is 3.27. The molecule has 1 aromatic carbocycles. The summed E-state index contributed by atoms with van der Waals surface area (Å²) in [7, 11) is 1.57. The van der Waals surface area contributed by atoms with E-state index in [-0.39, 0.29) is 0 Å². The molecule has 88 valence electrons. The molecule has 0 saturated heterocycles. The Kier molecular flexibility index (Phi) is 3.30. The molecule has 0 radical (unpaired) electrons. The monoisotopic (exact) mass is 251 g/mol. The summed E-state index contributed by atoms with van der Waals surface area (Å²) < 4.78 is 5.23. The molecule has 17 heavy (non-hydrogen) atoms. The van der Waals surface area contributed by atoms with E-state index in [2.05, 4.69) is 15.5 Å². The van der Waals surface area contributed by atoms with Crippen LogP contribution in [0, 0.1) is 0 Å². The molecule has 2 rings (SSSR count). The summed E-state index contributed by atoms with van der Waals surface area (Å²) in [5.41, 5.74) is 1.96. The van der Waals surface area contributed by atoms with Crippen LogP contribution in [-0.4, -0.2) is 23.7 Å². The molecule has 0 aliphatic heterocycles. The van der Waals surface area contributed by atoms with Crippen LogP contribution in [0.4, 0.5) is 5.69 Å². The number of nitrogens with one attached hydrogen (secondary N) is 2. The molecule has 0 aliphatic carbocycles. The summed E-state index contributed by atoms with van der Waals surface area (Å²) in [6, 6.07) is 5.22. The zero-order chi connectivity index (χ0) is 12.3. The second kappa shape index (κ2) is 4.88. The van der Waals surface area contributed by atoms with Gasteiger partial charge in [0.25, 0.3) is 0 Å². The number of hydrogen-bond acceptors (Lipinski definition) is 3. The lowest BCUT2D eigenvalue weighted by molar-refractivity contribution is -0.105. The van der Waals surface area contributed by atoms with Crippen LogP contribution >= 0.6 is 11.6 Å². The van der Waals surface area contributed by atoms with Crippen LogP contribution in [0.25, 0.3) is 11.3 Å². The van der Waals surface area contributed by atoms with E-state index >= 15 is 0 Å². The molecule has 6 heteroatoms. The highest BCUT2D eigenvalue weighted by Crippen LogP contribution is 2.34. The van der Waals surface area contributed by atoms with Gasteiger partial charge in [-0.1, -0.05) is 11.6 Å². The van der Waals surface area contributed by atoms with Gasteiger partial charge in [-0.2, -0.15) is 5.10 Å². The van der Waals surface area contributed by atoms with Crippen molar-refractivity contribution in [3.05, 3.63) is 29.4 Å². The van der Waals surface area contributed by atoms with E-state index in [1.165, 1.54) is 6.20 Å². The Morgan fingerprint density at radius 1 is 1.53 bits per heavy atom. The summed E-state index contributed by atoms with van der Waals surface area (Å²) in [6.07, 6.45) is 2.11. The van der Waals surface area contributed by atoms with Gasteiger partial charge in [-0.25, -0.2) is 0 Å². The lowest BCUT2D eigenvalue weighted by atomic mass is 10.1. The molecule has 0 saturated carbocycles. The molecule has 0 fully saturated rings. The molecule has 0 unspecified atom stereocenters. The van der Waals surface area contributed by atoms with Crippen LogP contribution in [0.2, 0.25) is 5.02 Å². The highest BCUT2D eigenvalue weighted by atomic mass is 35.5. The van der Waals surface area contributed by atoms with Gasteiger partial charge in [-0.3, -0.25) is 9.89 Å². The van der Waals surface area contributed by atoms with Crippen molar-refractivity contribution < 1.29 is 9.53 Å². The van der Waals surface area contributed by atoms with Gasteiger partial charge in [0.15, 0.2) is 0 Å². The minimum atomic E-state index is 0.570. The Balaban J connectivity index is 2.54. The SMILES string of the molecule is COc1ccc(Cl)cc1-c1[nH]ncc1NC=O. The lowest BCUT2D eigenvalue weighted by Gasteiger charge is -2.08. The predicted octanol–water partition coefficient (Wildman–Crippen LogP) is 2.31. The van der Waals surface area contributed by atoms with Crippen molar-refractivity contribution >= 4 is 23.7 Å². The normalized spacial score (nSPS) is 10.0. The van der Waals surface area contributed by atoms with Crippen molar-refractivity contribution in [1.29, 1.82) is 0 Å². The van der Waals surface area contributed by atoms with E-state index in [1.807, 2.05) is 0 Å². The Labute approximate surface area is 103 Å². The Morgan fingerprint density at radius 2 is 2.35 bits per heavy atom. The first-order valence-corrected chi connectivity index (χ1v) is 5.21. The van der Waals surface area contributed by atoms with Crippen molar-refractivity contribution in [1.82, 2.24) is 10.2 Å². The molecule has 1 aromatic heterocycles. The molecule has 0 aliphatic rings. The Bertz CT molecular complexity index is 539. The average molecular weight is 252 g/mol. The summed E-state index contributed by atoms with van der Waals surface area (Å²) >= 11 is 5.94. The number of nitrogens with zero attached hydrogens (tertiary/aromatic N) is 1. The van der Waals surface area contributed by atoms with Crippen molar-refractivity contribution in [2.24, 2.45) is 0 Å². The van der Waals surface area contributed by atoms with Crippen LogP contribution < -0.4 is 10.1 Å². The van der Waals surface area contributed by atoms with Gasteiger partial charge >= 0.3 is 0 Å². The van der Waals surface area contributed by atoms with E-state index < -0.39 is 0 Å². The second-order valence-corrected chi connectivity index (χ2v) is 3.70. The highest BCUT2D eigenvalue weighted by Gasteiger charge is 2.12. The molecule has 0 atom stereocenters. The zero-order valence-corrected chi connectivity index (χ0v) is 9.78. The van der Waals surface area contributed by atoms with Crippen molar-refractivity contribution in [2.45, 2.75) is 0 Å². The number of benzene rings is 1. The van der Waals surface area contributed by atoms with Gasteiger partial charge in [-0.15, -0.1) is 0 Å². The van der Waals surface area contributed by atoms with Crippen LogP contribution in [0.1, 0.15) is 0 Å². The van der Waals surface area contributed by atoms with Crippen LogP contribution in [0.15, 0.2) is 24.4 Å². The van der Waals surface area contributed by atoms with Crippen molar-refractivity contribution in [2.75, 3.05) is 12.4 Å². The number of aromatic nitrogens is 2. The maximum absolute atomic E-state index is 10.5. The van der Waals surface area contributed by atoms with Crippen LogP contribution in [0.3, 0.4) is 0 Å². The third-order valence-corrected chi connectivity index (χ3v) is 2.52. The number of aromatic amines is 1. The smallest absolute Gasteiger partial charge is 0.211 e. The van der Waals surface area contributed by atoms with Gasteiger partial charge in [-0.05, 0) is 18.2 Å². The Morgan fingerprint density at radius 3 is 3.06 bits per heavy atom. The summed E-state index contributed by atoms with van der Waals surface area (Å²) in [5.74, 6) is 0.646. The minimum Gasteiger partial charge on any atom is -0.496 e. The van der Waals surface area contributed by atoms with Gasteiger partial charge in [0.2, 0.25) is 6.41 Å². The number of amides is 1. The summed E-state index contributed by atoms with van der Waals surface area (Å²) in [6.45, 7) is 0. The number of ether oxygens (including phenoxy) is 1. The number of hydrogen-bond donors (Lipinski definition) is 2. The first-order chi connectivity index (χ1) is 8.26. The number of carbonyl (C=O) groups excluding carboxylic acids is 1. The number of anilines is 1. The van der Waals surface area contributed by atoms with E-state index in [9.17, 15) is 4.79 Å². The first kappa shape index (κ1) is 11.5. The quantitative estimate of drug-likeness (QED) is 0.820. The maximum atomic E-state index is 10.5. The first-order valence-electron chi connectivity index (χ1n) is 4.83. The standard InChI is InChI=1S/C11H10ClN3O2/c1-17-10-3-2-7(12)4-8(10)11-9(13-6-16)5-14-15-11/h2-6H,1H3,(H,13,16)(H,14,15). The van der Waals surface area contributed by atoms with Gasteiger partial charge < -0.3 is 10.1 Å². The van der Waals surface area contributed by atoms with E-state index in [0.29, 0.717) is 28.6 Å². The summed E-state index contributed by atoms with van der Waals surface area (Å²) in [4.78, 5) is 10.5. The molecular weight excluding hydrogens is 242 g/mol. The van der Waals surface area contributed by atoms with Crippen molar-refractivity contribution in [3.63, 3.8) is 0 Å². The van der Waals surface area contributed by atoms with E-state index in [4.69, 9.17) is 16.3 Å². The fourth-order valence-electron chi connectivity index (χ4n) is 1.54. The third-order valence-electron chi connectivity index (χ3n) is 2.28. The summed E-state index contributed by atoms with van der Waals surface area (Å²) in [5, 5.41) is 9.80. The molecule has 0 spiro atoms. The number of halogens is 1. The van der Waals surface area contributed by atoms with Crippen molar-refractivity contribution in [3.8, 4) is 17.0 Å². The number of methoxy groups -OCH3 is 1. The average Bonchev–Trinajstić information content (AvgIpc) is 2.77. The predicted molar refractivity (Wildman–Crippen MR) is 65.3 cm³/mol. The van der Waals surface area contributed by atoms with Crippen LogP contribution in [-0.2, 0) is 4.79 Å². The molecule has 1 amide bonds. The largest absolute Gasteiger partial charge is 0.496 e. The molecular formula is C11H10ClN3O2. The van der Waals surface area contributed by atoms with Crippen LogP contribution in [0.5, 0.6) is 5.75 Å². The molecule has 5 nitrogen and oxygen atoms in total. The Hall–Kier alpha value is -2.01. The molecule has 2 aromatic rings. The number of carbonyl (C=O) groups is 1. The van der Waals surface area contributed by atoms with E-state index in [1.54, 1.807) is 25.3 Å². The molecule has 1 heterocycles. The van der Waals surface area contributed by atoms with E-state index in [0.717, 1.165) is 5.56 Å². The molecule has 0 bridgehead atoms. The third kappa shape index (κ3) is 2.24. The topological polar surface area (TPSA) is 67.0 Å². The lowest BCUT2D eigenvalue weighted by Crippen LogP contribution is -1.95. The fraction of sp³-hybridized carbons (Fsp3) is 0.0909.